The molecule has 3 aromatic rings. The Labute approximate surface area is 181 Å². The molecule has 3 aromatic heterocycles. The van der Waals surface area contributed by atoms with Gasteiger partial charge in [-0.05, 0) is 38.1 Å². The number of rotatable bonds is 5. The van der Waals surface area contributed by atoms with Crippen LogP contribution in [0.25, 0.3) is 0 Å². The molecule has 4 heterocycles. The second-order valence-corrected chi connectivity index (χ2v) is 10.2. The van der Waals surface area contributed by atoms with Crippen LogP contribution < -0.4 is 5.32 Å². The molecule has 0 bridgehead atoms. The van der Waals surface area contributed by atoms with Gasteiger partial charge in [0, 0.05) is 29.3 Å². The molecule has 1 saturated heterocycles. The number of amides is 2. The normalized spacial score (nSPS) is 14.9. The number of likely N-dealkylation sites (tertiary alicyclic amines) is 1. The molecule has 0 aliphatic carbocycles. The molecular formula is C20H22N4O2S3. The van der Waals surface area contributed by atoms with Gasteiger partial charge in [0.25, 0.3) is 11.8 Å². The molecule has 1 aliphatic rings. The first-order chi connectivity index (χ1) is 14.0. The van der Waals surface area contributed by atoms with Crippen LogP contribution in [-0.2, 0) is 6.54 Å². The Kier molecular flexibility index (Phi) is 6.07. The van der Waals surface area contributed by atoms with E-state index in [1.54, 1.807) is 11.3 Å². The zero-order valence-electron chi connectivity index (χ0n) is 16.3. The molecule has 1 N–H and O–H groups in total. The number of hydrogen-bond donors (Lipinski definition) is 1. The van der Waals surface area contributed by atoms with E-state index in [-0.39, 0.29) is 11.8 Å². The smallest absolute Gasteiger partial charge is 0.271 e. The van der Waals surface area contributed by atoms with Gasteiger partial charge in [0.2, 0.25) is 0 Å². The first kappa shape index (κ1) is 20.2. The molecule has 2 amide bonds. The van der Waals surface area contributed by atoms with Gasteiger partial charge < -0.3 is 10.2 Å². The van der Waals surface area contributed by atoms with Crippen molar-refractivity contribution in [1.29, 1.82) is 0 Å². The van der Waals surface area contributed by atoms with Crippen molar-refractivity contribution in [2.75, 3.05) is 13.1 Å². The van der Waals surface area contributed by atoms with Gasteiger partial charge in [-0.3, -0.25) is 9.59 Å². The number of aromatic nitrogens is 2. The third kappa shape index (κ3) is 4.57. The lowest BCUT2D eigenvalue weighted by Crippen LogP contribution is -2.37. The molecule has 0 spiro atoms. The lowest BCUT2D eigenvalue weighted by atomic mass is 9.97. The number of piperidine rings is 1. The number of carbonyl (C=O) groups is 2. The minimum atomic E-state index is -0.135. The molecule has 6 nitrogen and oxygen atoms in total. The molecule has 0 aromatic carbocycles. The fourth-order valence-electron chi connectivity index (χ4n) is 3.45. The molecule has 0 atom stereocenters. The topological polar surface area (TPSA) is 75.2 Å². The van der Waals surface area contributed by atoms with E-state index in [1.807, 2.05) is 41.6 Å². The van der Waals surface area contributed by atoms with Crippen LogP contribution in [0.15, 0.2) is 22.9 Å². The summed E-state index contributed by atoms with van der Waals surface area (Å²) in [5.41, 5.74) is 1.30. The van der Waals surface area contributed by atoms with Crippen molar-refractivity contribution in [1.82, 2.24) is 20.2 Å². The van der Waals surface area contributed by atoms with Crippen molar-refractivity contribution in [2.45, 2.75) is 39.2 Å². The molecule has 1 fully saturated rings. The van der Waals surface area contributed by atoms with E-state index >= 15 is 0 Å². The summed E-state index contributed by atoms with van der Waals surface area (Å²) >= 11 is 4.63. The van der Waals surface area contributed by atoms with Gasteiger partial charge in [-0.25, -0.2) is 9.97 Å². The summed E-state index contributed by atoms with van der Waals surface area (Å²) in [5.74, 6) is 0.246. The molecule has 0 unspecified atom stereocenters. The monoisotopic (exact) mass is 446 g/mol. The summed E-state index contributed by atoms with van der Waals surface area (Å²) in [6.07, 6.45) is 1.73. The number of aryl methyl sites for hydroxylation is 2. The van der Waals surface area contributed by atoms with Gasteiger partial charge in [-0.2, -0.15) is 0 Å². The Hall–Kier alpha value is -2.10. The SMILES string of the molecule is Cc1nc(C)c(C(=O)N2CCC(c3nc(C(=O)NCc4cccs4)cs3)CC2)s1. The summed E-state index contributed by atoms with van der Waals surface area (Å²) in [7, 11) is 0. The molecule has 4 rings (SSSR count). The standard InChI is InChI=1S/C20H22N4O2S3/c1-12-17(29-13(2)22-12)20(26)24-7-5-14(6-8-24)19-23-16(11-28-19)18(25)21-10-15-4-3-9-27-15/h3-4,9,11,14H,5-8,10H2,1-2H3,(H,21,25). The van der Waals surface area contributed by atoms with E-state index in [4.69, 9.17) is 0 Å². The average molecular weight is 447 g/mol. The average Bonchev–Trinajstić information content (AvgIpc) is 3.47. The summed E-state index contributed by atoms with van der Waals surface area (Å²) < 4.78 is 0. The van der Waals surface area contributed by atoms with E-state index in [0.29, 0.717) is 31.2 Å². The van der Waals surface area contributed by atoms with Crippen LogP contribution >= 0.6 is 34.0 Å². The number of nitrogens with zero attached hydrogens (tertiary/aromatic N) is 3. The summed E-state index contributed by atoms with van der Waals surface area (Å²) in [6, 6.07) is 3.98. The van der Waals surface area contributed by atoms with Crippen LogP contribution in [0.4, 0.5) is 0 Å². The highest BCUT2D eigenvalue weighted by Crippen LogP contribution is 2.31. The summed E-state index contributed by atoms with van der Waals surface area (Å²) in [5, 5.41) is 8.67. The van der Waals surface area contributed by atoms with E-state index in [2.05, 4.69) is 15.3 Å². The Morgan fingerprint density at radius 2 is 2.00 bits per heavy atom. The molecule has 29 heavy (non-hydrogen) atoms. The molecule has 152 valence electrons. The second kappa shape index (κ2) is 8.73. The Bertz CT molecular complexity index is 1000. The zero-order valence-corrected chi connectivity index (χ0v) is 18.8. The molecule has 1 aliphatic heterocycles. The van der Waals surface area contributed by atoms with E-state index < -0.39 is 0 Å². The minimum Gasteiger partial charge on any atom is -0.346 e. The lowest BCUT2D eigenvalue weighted by molar-refractivity contribution is 0.0717. The van der Waals surface area contributed by atoms with Gasteiger partial charge in [0.15, 0.2) is 0 Å². The van der Waals surface area contributed by atoms with Crippen LogP contribution in [-0.4, -0.2) is 39.8 Å². The van der Waals surface area contributed by atoms with E-state index in [9.17, 15) is 9.59 Å². The van der Waals surface area contributed by atoms with Crippen molar-refractivity contribution in [3.05, 3.63) is 54.1 Å². The number of hydrogen-bond acceptors (Lipinski definition) is 7. The van der Waals surface area contributed by atoms with Crippen molar-refractivity contribution in [3.8, 4) is 0 Å². The predicted octanol–water partition coefficient (Wildman–Crippen LogP) is 4.23. The Morgan fingerprint density at radius 1 is 1.21 bits per heavy atom. The Morgan fingerprint density at radius 3 is 2.66 bits per heavy atom. The first-order valence-electron chi connectivity index (χ1n) is 9.50. The largest absolute Gasteiger partial charge is 0.346 e. The quantitative estimate of drug-likeness (QED) is 0.636. The number of thiazole rings is 2. The maximum atomic E-state index is 12.8. The van der Waals surface area contributed by atoms with Crippen LogP contribution in [0.3, 0.4) is 0 Å². The zero-order chi connectivity index (χ0) is 20.4. The number of nitrogens with one attached hydrogen (secondary N) is 1. The molecular weight excluding hydrogens is 424 g/mol. The van der Waals surface area contributed by atoms with Gasteiger partial charge >= 0.3 is 0 Å². The first-order valence-corrected chi connectivity index (χ1v) is 12.1. The third-order valence-corrected chi connectivity index (χ3v) is 7.93. The van der Waals surface area contributed by atoms with Gasteiger partial charge in [0.05, 0.1) is 22.3 Å². The molecule has 0 radical (unpaired) electrons. The fourth-order valence-corrected chi connectivity index (χ4v) is 5.96. The van der Waals surface area contributed by atoms with Crippen molar-refractivity contribution < 1.29 is 9.59 Å². The van der Waals surface area contributed by atoms with Crippen molar-refractivity contribution in [3.63, 3.8) is 0 Å². The second-order valence-electron chi connectivity index (χ2n) is 7.05. The molecule has 0 saturated carbocycles. The van der Waals surface area contributed by atoms with Crippen LogP contribution in [0.1, 0.15) is 59.5 Å². The minimum absolute atomic E-state index is 0.0827. The Balaban J connectivity index is 1.32. The maximum Gasteiger partial charge on any atom is 0.271 e. The summed E-state index contributed by atoms with van der Waals surface area (Å²) in [4.78, 5) is 37.9. The predicted molar refractivity (Wildman–Crippen MR) is 117 cm³/mol. The van der Waals surface area contributed by atoms with Crippen molar-refractivity contribution in [2.24, 2.45) is 0 Å². The highest BCUT2D eigenvalue weighted by molar-refractivity contribution is 7.13. The highest BCUT2D eigenvalue weighted by atomic mass is 32.1. The fraction of sp³-hybridized carbons (Fsp3) is 0.400. The van der Waals surface area contributed by atoms with Gasteiger partial charge in [-0.1, -0.05) is 6.07 Å². The van der Waals surface area contributed by atoms with Gasteiger partial charge in [0.1, 0.15) is 10.6 Å². The van der Waals surface area contributed by atoms with Crippen LogP contribution in [0.5, 0.6) is 0 Å². The van der Waals surface area contributed by atoms with E-state index in [1.165, 1.54) is 22.7 Å². The van der Waals surface area contributed by atoms with Gasteiger partial charge in [-0.15, -0.1) is 34.0 Å². The highest BCUT2D eigenvalue weighted by Gasteiger charge is 2.28. The third-order valence-electron chi connectivity index (χ3n) is 4.99. The van der Waals surface area contributed by atoms with Crippen LogP contribution in [0.2, 0.25) is 0 Å². The number of thiophene rings is 1. The van der Waals surface area contributed by atoms with E-state index in [0.717, 1.165) is 38.3 Å². The van der Waals surface area contributed by atoms with Crippen LogP contribution in [0, 0.1) is 13.8 Å². The summed E-state index contributed by atoms with van der Waals surface area (Å²) in [6.45, 7) is 5.76. The van der Waals surface area contributed by atoms with Crippen molar-refractivity contribution >= 4 is 45.8 Å². The number of carbonyl (C=O) groups excluding carboxylic acids is 2. The maximum absolute atomic E-state index is 12.8. The molecule has 9 heteroatoms. The lowest BCUT2D eigenvalue weighted by Gasteiger charge is -2.30.